The summed E-state index contributed by atoms with van der Waals surface area (Å²) in [4.78, 5) is 9.10. The van der Waals surface area contributed by atoms with E-state index in [0.29, 0.717) is 28.4 Å². The second-order valence-electron chi connectivity index (χ2n) is 8.07. The molecule has 1 unspecified atom stereocenters. The Morgan fingerprint density at radius 1 is 0.971 bits per heavy atom. The number of nitrogens with two attached hydrogens (primary N) is 2. The molecule has 0 bridgehead atoms. The molecule has 10 heteroatoms. The van der Waals surface area contributed by atoms with Crippen LogP contribution >= 0.6 is 0 Å². The maximum atomic E-state index is 12.4. The van der Waals surface area contributed by atoms with E-state index in [1.807, 2.05) is 24.3 Å². The Bertz CT molecular complexity index is 1400. The highest BCUT2D eigenvalue weighted by molar-refractivity contribution is 7.92. The van der Waals surface area contributed by atoms with Crippen molar-refractivity contribution in [3.8, 4) is 34.0 Å². The minimum atomic E-state index is -3.36. The fraction of sp³-hybridized carbons (Fsp3) is 0.208. The Morgan fingerprint density at radius 2 is 1.59 bits per heavy atom. The van der Waals surface area contributed by atoms with Crippen LogP contribution in [0.3, 0.4) is 0 Å². The SMILES string of the molecule is CNC(N)c1ccc(-c2cc(-c3nc(-c4ccc(S(=O)(=O)C(C)C)cc4)cnc3N)on2)cc1. The number of nitrogens with one attached hydrogen (secondary N) is 1. The minimum Gasteiger partial charge on any atom is -0.382 e. The quantitative estimate of drug-likeness (QED) is 0.339. The molecule has 2 aromatic heterocycles. The predicted octanol–water partition coefficient (Wildman–Crippen LogP) is 3.41. The van der Waals surface area contributed by atoms with Crippen molar-refractivity contribution in [1.29, 1.82) is 0 Å². The number of hydrogen-bond acceptors (Lipinski definition) is 9. The van der Waals surface area contributed by atoms with E-state index in [9.17, 15) is 8.42 Å². The molecule has 0 aliphatic heterocycles. The summed E-state index contributed by atoms with van der Waals surface area (Å²) in [6.45, 7) is 3.30. The van der Waals surface area contributed by atoms with Gasteiger partial charge in [-0.05, 0) is 38.6 Å². The van der Waals surface area contributed by atoms with Gasteiger partial charge in [0.05, 0.1) is 28.2 Å². The zero-order valence-corrected chi connectivity index (χ0v) is 19.9. The maximum Gasteiger partial charge on any atom is 0.189 e. The van der Waals surface area contributed by atoms with E-state index >= 15 is 0 Å². The van der Waals surface area contributed by atoms with Crippen LogP contribution in [-0.4, -0.2) is 35.8 Å². The zero-order valence-electron chi connectivity index (χ0n) is 19.1. The monoisotopic (exact) mass is 478 g/mol. The Balaban J connectivity index is 1.63. The lowest BCUT2D eigenvalue weighted by Gasteiger charge is -2.10. The molecule has 2 heterocycles. The number of nitrogen functional groups attached to an aromatic ring is 1. The second kappa shape index (κ2) is 9.34. The Morgan fingerprint density at radius 3 is 2.21 bits per heavy atom. The first-order chi connectivity index (χ1) is 16.2. The number of benzene rings is 2. The highest BCUT2D eigenvalue weighted by atomic mass is 32.2. The van der Waals surface area contributed by atoms with Crippen molar-refractivity contribution >= 4 is 15.7 Å². The van der Waals surface area contributed by atoms with Gasteiger partial charge in [0.1, 0.15) is 5.69 Å². The third-order valence-electron chi connectivity index (χ3n) is 5.52. The summed E-state index contributed by atoms with van der Waals surface area (Å²) in [7, 11) is -1.56. The lowest BCUT2D eigenvalue weighted by atomic mass is 10.1. The first-order valence-electron chi connectivity index (χ1n) is 10.7. The normalized spacial score (nSPS) is 12.7. The van der Waals surface area contributed by atoms with Crippen LogP contribution in [0.25, 0.3) is 34.0 Å². The number of hydrogen-bond donors (Lipinski definition) is 3. The largest absolute Gasteiger partial charge is 0.382 e. The molecule has 0 radical (unpaired) electrons. The molecule has 0 aliphatic carbocycles. The van der Waals surface area contributed by atoms with Gasteiger partial charge in [0.2, 0.25) is 0 Å². The van der Waals surface area contributed by atoms with Crippen LogP contribution in [0, 0.1) is 0 Å². The smallest absolute Gasteiger partial charge is 0.189 e. The molecule has 5 N–H and O–H groups in total. The van der Waals surface area contributed by atoms with E-state index in [1.54, 1.807) is 51.2 Å². The molecule has 4 aromatic rings. The third kappa shape index (κ3) is 4.56. The molecule has 4 rings (SSSR count). The van der Waals surface area contributed by atoms with Gasteiger partial charge in [-0.15, -0.1) is 0 Å². The van der Waals surface area contributed by atoms with Crippen molar-refractivity contribution in [1.82, 2.24) is 20.4 Å². The van der Waals surface area contributed by atoms with Crippen LogP contribution < -0.4 is 16.8 Å². The van der Waals surface area contributed by atoms with Crippen molar-refractivity contribution in [3.63, 3.8) is 0 Å². The highest BCUT2D eigenvalue weighted by Gasteiger charge is 2.20. The van der Waals surface area contributed by atoms with E-state index in [1.165, 1.54) is 6.20 Å². The number of sulfone groups is 1. The van der Waals surface area contributed by atoms with Gasteiger partial charge in [0.25, 0.3) is 0 Å². The third-order valence-corrected chi connectivity index (χ3v) is 7.69. The van der Waals surface area contributed by atoms with E-state index in [0.717, 1.165) is 11.1 Å². The topological polar surface area (TPSA) is 150 Å². The molecule has 0 saturated heterocycles. The summed E-state index contributed by atoms with van der Waals surface area (Å²) in [5.41, 5.74) is 16.1. The van der Waals surface area contributed by atoms with Crippen molar-refractivity contribution in [2.45, 2.75) is 30.2 Å². The predicted molar refractivity (Wildman–Crippen MR) is 131 cm³/mol. The molecule has 1 atom stereocenters. The van der Waals surface area contributed by atoms with Crippen LogP contribution in [0.2, 0.25) is 0 Å². The maximum absolute atomic E-state index is 12.4. The summed E-state index contributed by atoms with van der Waals surface area (Å²) >= 11 is 0. The molecule has 0 spiro atoms. The van der Waals surface area contributed by atoms with Gasteiger partial charge in [0, 0.05) is 17.2 Å². The van der Waals surface area contributed by atoms with Crippen LogP contribution in [0.1, 0.15) is 25.6 Å². The fourth-order valence-corrected chi connectivity index (χ4v) is 4.42. The van der Waals surface area contributed by atoms with Gasteiger partial charge in [-0.3, -0.25) is 0 Å². The van der Waals surface area contributed by atoms with Crippen molar-refractivity contribution in [2.24, 2.45) is 5.73 Å². The molecular formula is C24H26N6O3S. The first kappa shape index (κ1) is 23.6. The summed E-state index contributed by atoms with van der Waals surface area (Å²) in [6, 6.07) is 15.9. The van der Waals surface area contributed by atoms with Crippen LogP contribution in [0.4, 0.5) is 5.82 Å². The Hall–Kier alpha value is -3.60. The van der Waals surface area contributed by atoms with Gasteiger partial charge in [-0.2, -0.15) is 0 Å². The summed E-state index contributed by atoms with van der Waals surface area (Å²) in [5, 5.41) is 6.63. The number of aromatic nitrogens is 3. The lowest BCUT2D eigenvalue weighted by Crippen LogP contribution is -2.24. The van der Waals surface area contributed by atoms with Crippen molar-refractivity contribution in [3.05, 3.63) is 66.4 Å². The Labute approximate surface area is 198 Å². The molecule has 9 nitrogen and oxygen atoms in total. The number of anilines is 1. The summed E-state index contributed by atoms with van der Waals surface area (Å²) in [6.07, 6.45) is 1.28. The molecule has 34 heavy (non-hydrogen) atoms. The molecule has 2 aromatic carbocycles. The van der Waals surface area contributed by atoms with E-state index < -0.39 is 15.1 Å². The van der Waals surface area contributed by atoms with E-state index in [2.05, 4.69) is 20.4 Å². The van der Waals surface area contributed by atoms with Crippen molar-refractivity contribution in [2.75, 3.05) is 12.8 Å². The zero-order chi connectivity index (χ0) is 24.5. The van der Waals surface area contributed by atoms with Crippen LogP contribution in [-0.2, 0) is 9.84 Å². The number of rotatable bonds is 7. The summed E-state index contributed by atoms with van der Waals surface area (Å²) in [5.74, 6) is 0.567. The van der Waals surface area contributed by atoms with Gasteiger partial charge in [0.15, 0.2) is 27.1 Å². The number of nitrogens with zero attached hydrogens (tertiary/aromatic N) is 3. The molecule has 0 saturated carbocycles. The van der Waals surface area contributed by atoms with E-state index in [4.69, 9.17) is 16.0 Å². The highest BCUT2D eigenvalue weighted by Crippen LogP contribution is 2.30. The van der Waals surface area contributed by atoms with Crippen molar-refractivity contribution < 1.29 is 12.9 Å². The van der Waals surface area contributed by atoms with Crippen LogP contribution in [0.15, 0.2) is 70.2 Å². The van der Waals surface area contributed by atoms with Gasteiger partial charge >= 0.3 is 0 Å². The summed E-state index contributed by atoms with van der Waals surface area (Å²) < 4.78 is 30.3. The first-order valence-corrected chi connectivity index (χ1v) is 12.2. The van der Waals surface area contributed by atoms with Gasteiger partial charge in [-0.25, -0.2) is 18.4 Å². The average Bonchev–Trinajstić information content (AvgIpc) is 3.34. The lowest BCUT2D eigenvalue weighted by molar-refractivity contribution is 0.434. The Kier molecular flexibility index (Phi) is 6.47. The van der Waals surface area contributed by atoms with Crippen LogP contribution in [0.5, 0.6) is 0 Å². The molecule has 176 valence electrons. The minimum absolute atomic E-state index is 0.195. The van der Waals surface area contributed by atoms with Gasteiger partial charge in [-0.1, -0.05) is 41.6 Å². The molecular weight excluding hydrogens is 452 g/mol. The van der Waals surface area contributed by atoms with Gasteiger partial charge < -0.3 is 21.3 Å². The fourth-order valence-electron chi connectivity index (χ4n) is 3.36. The molecule has 0 amide bonds. The average molecular weight is 479 g/mol. The standard InChI is InChI=1S/C24H26N6O3S/c1-14(2)34(31,32)18-10-8-16(9-11-18)20-13-28-24(26)22(29-20)21-12-19(30-33-21)15-4-6-17(7-5-15)23(25)27-3/h4-14,23,27H,25H2,1-3H3,(H2,26,28). The van der Waals surface area contributed by atoms with E-state index in [-0.39, 0.29) is 16.9 Å². The molecule has 0 aliphatic rings. The second-order valence-corrected chi connectivity index (χ2v) is 10.6. The molecule has 0 fully saturated rings.